The van der Waals surface area contributed by atoms with Crippen molar-refractivity contribution in [3.63, 3.8) is 0 Å². The van der Waals surface area contributed by atoms with E-state index >= 15 is 0 Å². The first kappa shape index (κ1) is 11.1. The van der Waals surface area contributed by atoms with Gasteiger partial charge in [0, 0.05) is 15.8 Å². The Kier molecular flexibility index (Phi) is 3.07. The Morgan fingerprint density at radius 2 is 2.00 bits per heavy atom. The lowest BCUT2D eigenvalue weighted by molar-refractivity contribution is 0.455. The normalized spacial score (nSPS) is 17.5. The molecule has 0 aliphatic carbocycles. The van der Waals surface area contributed by atoms with Crippen molar-refractivity contribution in [1.29, 1.82) is 0 Å². The van der Waals surface area contributed by atoms with E-state index in [0.717, 1.165) is 23.1 Å². The van der Waals surface area contributed by atoms with Gasteiger partial charge in [-0.25, -0.2) is 9.97 Å². The molecule has 1 aromatic heterocycles. The molecule has 1 aromatic carbocycles. The van der Waals surface area contributed by atoms with Gasteiger partial charge in [0.2, 0.25) is 0 Å². The molecule has 0 spiro atoms. The molecule has 3 rings (SSSR count). The number of hydrogen-bond donors (Lipinski definition) is 1. The predicted molar refractivity (Wildman–Crippen MR) is 72.1 cm³/mol. The Balaban J connectivity index is 2.12. The number of aromatic nitrogens is 2. The highest BCUT2D eigenvalue weighted by molar-refractivity contribution is 9.10. The first-order valence-corrected chi connectivity index (χ1v) is 6.75. The average Bonchev–Trinajstić information content (AvgIpc) is 2.40. The molecule has 0 radical (unpaired) electrons. The lowest BCUT2D eigenvalue weighted by Gasteiger charge is -2.23. The molecular weight excluding hydrogens is 278 g/mol. The molecule has 1 aliphatic heterocycles. The molecule has 3 nitrogen and oxygen atoms in total. The molecule has 0 amide bonds. The minimum atomic E-state index is 0.566. The zero-order chi connectivity index (χ0) is 11.7. The summed E-state index contributed by atoms with van der Waals surface area (Å²) in [6, 6.07) is 6.21. The van der Waals surface area contributed by atoms with Gasteiger partial charge in [-0.05, 0) is 47.9 Å². The molecule has 4 heteroatoms. The summed E-state index contributed by atoms with van der Waals surface area (Å²) in [4.78, 5) is 8.87. The number of hydrogen-bond acceptors (Lipinski definition) is 3. The largest absolute Gasteiger partial charge is 0.317 e. The van der Waals surface area contributed by atoms with Gasteiger partial charge in [0.15, 0.2) is 0 Å². The van der Waals surface area contributed by atoms with E-state index in [1.165, 1.54) is 23.9 Å². The van der Waals surface area contributed by atoms with E-state index in [2.05, 4.69) is 43.3 Å². The zero-order valence-corrected chi connectivity index (χ0v) is 11.1. The Labute approximate surface area is 109 Å². The van der Waals surface area contributed by atoms with Crippen LogP contribution >= 0.6 is 15.9 Å². The number of halogens is 1. The summed E-state index contributed by atoms with van der Waals surface area (Å²) in [7, 11) is 0. The molecule has 0 saturated carbocycles. The number of fused-ring (bicyclic) bond motifs is 1. The van der Waals surface area contributed by atoms with Gasteiger partial charge in [-0.3, -0.25) is 0 Å². The maximum atomic E-state index is 4.51. The fourth-order valence-corrected chi connectivity index (χ4v) is 2.96. The topological polar surface area (TPSA) is 37.8 Å². The van der Waals surface area contributed by atoms with Crippen LogP contribution in [0.3, 0.4) is 0 Å². The van der Waals surface area contributed by atoms with E-state index in [4.69, 9.17) is 0 Å². The first-order chi connectivity index (χ1) is 8.36. The highest BCUT2D eigenvalue weighted by Gasteiger charge is 2.19. The standard InChI is InChI=1S/C13H14BrN3/c14-11-3-1-2-10-12(16-8-17-13(10)11)9-4-6-15-7-5-9/h1-3,8-9,15H,4-7H2. The Morgan fingerprint density at radius 1 is 1.18 bits per heavy atom. The smallest absolute Gasteiger partial charge is 0.116 e. The molecule has 0 unspecified atom stereocenters. The molecule has 1 N–H and O–H groups in total. The van der Waals surface area contributed by atoms with Crippen molar-refractivity contribution >= 4 is 26.8 Å². The van der Waals surface area contributed by atoms with E-state index in [-0.39, 0.29) is 0 Å². The summed E-state index contributed by atoms with van der Waals surface area (Å²) in [5, 5.41) is 4.58. The minimum absolute atomic E-state index is 0.566. The molecule has 1 fully saturated rings. The second-order valence-corrected chi connectivity index (χ2v) is 5.27. The number of rotatable bonds is 1. The molecular formula is C13H14BrN3. The van der Waals surface area contributed by atoms with Gasteiger partial charge < -0.3 is 5.32 Å². The van der Waals surface area contributed by atoms with E-state index in [1.807, 2.05) is 6.07 Å². The number of nitrogens with one attached hydrogen (secondary N) is 1. The quantitative estimate of drug-likeness (QED) is 0.878. The van der Waals surface area contributed by atoms with E-state index in [0.29, 0.717) is 5.92 Å². The Morgan fingerprint density at radius 3 is 2.82 bits per heavy atom. The third-order valence-electron chi connectivity index (χ3n) is 3.37. The number of nitrogens with zero attached hydrogens (tertiary/aromatic N) is 2. The number of benzene rings is 1. The lowest BCUT2D eigenvalue weighted by atomic mass is 9.92. The van der Waals surface area contributed by atoms with Crippen LogP contribution in [0, 0.1) is 0 Å². The van der Waals surface area contributed by atoms with Crippen LogP contribution in [0.25, 0.3) is 10.9 Å². The Bertz CT molecular complexity index is 535. The highest BCUT2D eigenvalue weighted by Crippen LogP contribution is 2.31. The van der Waals surface area contributed by atoms with Crippen LogP contribution in [-0.4, -0.2) is 23.1 Å². The fourth-order valence-electron chi connectivity index (χ4n) is 2.49. The van der Waals surface area contributed by atoms with Crippen molar-refractivity contribution in [3.8, 4) is 0 Å². The highest BCUT2D eigenvalue weighted by atomic mass is 79.9. The molecule has 17 heavy (non-hydrogen) atoms. The maximum Gasteiger partial charge on any atom is 0.116 e. The number of piperidine rings is 1. The van der Waals surface area contributed by atoms with Crippen LogP contribution in [0.4, 0.5) is 0 Å². The molecule has 1 aliphatic rings. The Hall–Kier alpha value is -1.00. The van der Waals surface area contributed by atoms with E-state index in [1.54, 1.807) is 6.33 Å². The second-order valence-electron chi connectivity index (χ2n) is 4.42. The van der Waals surface area contributed by atoms with Crippen molar-refractivity contribution < 1.29 is 0 Å². The van der Waals surface area contributed by atoms with Gasteiger partial charge in [-0.2, -0.15) is 0 Å². The van der Waals surface area contributed by atoms with Gasteiger partial charge >= 0.3 is 0 Å². The van der Waals surface area contributed by atoms with Crippen molar-refractivity contribution in [2.24, 2.45) is 0 Å². The van der Waals surface area contributed by atoms with Crippen LogP contribution in [0.15, 0.2) is 29.0 Å². The van der Waals surface area contributed by atoms with Gasteiger partial charge in [0.1, 0.15) is 6.33 Å². The molecule has 2 aromatic rings. The SMILES string of the molecule is Brc1cccc2c(C3CCNCC3)ncnc12. The molecule has 0 atom stereocenters. The summed E-state index contributed by atoms with van der Waals surface area (Å²) >= 11 is 3.55. The van der Waals surface area contributed by atoms with Crippen molar-refractivity contribution in [2.75, 3.05) is 13.1 Å². The van der Waals surface area contributed by atoms with Gasteiger partial charge in [-0.15, -0.1) is 0 Å². The van der Waals surface area contributed by atoms with E-state index in [9.17, 15) is 0 Å². The molecule has 88 valence electrons. The summed E-state index contributed by atoms with van der Waals surface area (Å²) in [6.45, 7) is 2.17. The molecule has 2 heterocycles. The third kappa shape index (κ3) is 2.07. The lowest BCUT2D eigenvalue weighted by Crippen LogP contribution is -2.27. The fraction of sp³-hybridized carbons (Fsp3) is 0.385. The van der Waals surface area contributed by atoms with Crippen LogP contribution in [0.1, 0.15) is 24.5 Å². The van der Waals surface area contributed by atoms with Gasteiger partial charge in [-0.1, -0.05) is 12.1 Å². The average molecular weight is 292 g/mol. The van der Waals surface area contributed by atoms with Crippen LogP contribution in [-0.2, 0) is 0 Å². The van der Waals surface area contributed by atoms with Crippen LogP contribution in [0.5, 0.6) is 0 Å². The van der Waals surface area contributed by atoms with Crippen molar-refractivity contribution in [3.05, 3.63) is 34.7 Å². The monoisotopic (exact) mass is 291 g/mol. The maximum absolute atomic E-state index is 4.51. The zero-order valence-electron chi connectivity index (χ0n) is 9.49. The summed E-state index contributed by atoms with van der Waals surface area (Å²) < 4.78 is 1.05. The summed E-state index contributed by atoms with van der Waals surface area (Å²) in [5.41, 5.74) is 2.23. The summed E-state index contributed by atoms with van der Waals surface area (Å²) in [5.74, 6) is 0.566. The molecule has 1 saturated heterocycles. The van der Waals surface area contributed by atoms with Crippen molar-refractivity contribution in [1.82, 2.24) is 15.3 Å². The second kappa shape index (κ2) is 4.70. The minimum Gasteiger partial charge on any atom is -0.317 e. The van der Waals surface area contributed by atoms with Gasteiger partial charge in [0.25, 0.3) is 0 Å². The first-order valence-electron chi connectivity index (χ1n) is 5.96. The summed E-state index contributed by atoms with van der Waals surface area (Å²) in [6.07, 6.45) is 4.02. The third-order valence-corrected chi connectivity index (χ3v) is 4.01. The molecule has 0 bridgehead atoms. The van der Waals surface area contributed by atoms with Gasteiger partial charge in [0.05, 0.1) is 11.2 Å². The van der Waals surface area contributed by atoms with Crippen LogP contribution in [0.2, 0.25) is 0 Å². The number of para-hydroxylation sites is 1. The van der Waals surface area contributed by atoms with Crippen LogP contribution < -0.4 is 5.32 Å². The van der Waals surface area contributed by atoms with E-state index < -0.39 is 0 Å². The van der Waals surface area contributed by atoms with Crippen molar-refractivity contribution in [2.45, 2.75) is 18.8 Å². The predicted octanol–water partition coefficient (Wildman–Crippen LogP) is 2.86.